The molecule has 108 valence electrons. The van der Waals surface area contributed by atoms with E-state index in [1.54, 1.807) is 0 Å². The van der Waals surface area contributed by atoms with Gasteiger partial charge in [-0.3, -0.25) is 10.1 Å². The van der Waals surface area contributed by atoms with E-state index in [0.29, 0.717) is 0 Å². The van der Waals surface area contributed by atoms with Crippen molar-refractivity contribution in [3.05, 3.63) is 58.0 Å². The SMILES string of the molecule is N/C(=N\O)c1cccnc1Oc1ccc([N+](=O)[O-])cc1F. The number of nitro groups is 1. The molecule has 9 heteroatoms. The molecule has 8 nitrogen and oxygen atoms in total. The van der Waals surface area contributed by atoms with Crippen molar-refractivity contribution < 1.29 is 19.3 Å². The number of rotatable bonds is 4. The number of amidine groups is 1. The van der Waals surface area contributed by atoms with E-state index in [1.807, 2.05) is 0 Å². The normalized spacial score (nSPS) is 11.2. The second-order valence-electron chi connectivity index (χ2n) is 3.82. The minimum atomic E-state index is -0.930. The largest absolute Gasteiger partial charge is 0.435 e. The number of nitrogens with two attached hydrogens (primary N) is 1. The monoisotopic (exact) mass is 292 g/mol. The third-order valence-corrected chi connectivity index (χ3v) is 2.49. The first-order chi connectivity index (χ1) is 10.0. The Hall–Kier alpha value is -3.23. The average Bonchev–Trinajstić information content (AvgIpc) is 2.49. The van der Waals surface area contributed by atoms with Gasteiger partial charge in [-0.15, -0.1) is 0 Å². The molecule has 0 unspecified atom stereocenters. The lowest BCUT2D eigenvalue weighted by atomic mass is 10.2. The lowest BCUT2D eigenvalue weighted by Gasteiger charge is -2.09. The first-order valence-corrected chi connectivity index (χ1v) is 5.57. The molecule has 1 heterocycles. The van der Waals surface area contributed by atoms with Crippen LogP contribution < -0.4 is 10.5 Å². The van der Waals surface area contributed by atoms with E-state index in [9.17, 15) is 14.5 Å². The summed E-state index contributed by atoms with van der Waals surface area (Å²) in [4.78, 5) is 13.7. The van der Waals surface area contributed by atoms with Gasteiger partial charge in [-0.1, -0.05) is 5.16 Å². The van der Waals surface area contributed by atoms with Crippen molar-refractivity contribution >= 4 is 11.5 Å². The predicted molar refractivity (Wildman–Crippen MR) is 69.9 cm³/mol. The number of benzene rings is 1. The maximum Gasteiger partial charge on any atom is 0.272 e. The smallest absolute Gasteiger partial charge is 0.272 e. The number of hydrogen-bond acceptors (Lipinski definition) is 6. The molecule has 0 saturated heterocycles. The summed E-state index contributed by atoms with van der Waals surface area (Å²) in [7, 11) is 0. The van der Waals surface area contributed by atoms with E-state index < -0.39 is 16.4 Å². The van der Waals surface area contributed by atoms with E-state index in [0.717, 1.165) is 18.2 Å². The molecule has 0 fully saturated rings. The molecule has 0 amide bonds. The number of aromatic nitrogens is 1. The minimum absolute atomic E-state index is 0.0967. The lowest BCUT2D eigenvalue weighted by molar-refractivity contribution is -0.385. The van der Waals surface area contributed by atoms with Crippen molar-refractivity contribution in [3.63, 3.8) is 0 Å². The molecule has 0 aliphatic carbocycles. The quantitative estimate of drug-likeness (QED) is 0.292. The third-order valence-electron chi connectivity index (χ3n) is 2.49. The fourth-order valence-corrected chi connectivity index (χ4v) is 1.51. The van der Waals surface area contributed by atoms with Crippen LogP contribution in [-0.2, 0) is 0 Å². The van der Waals surface area contributed by atoms with E-state index in [-0.39, 0.29) is 23.0 Å². The molecule has 0 atom stereocenters. The van der Waals surface area contributed by atoms with Gasteiger partial charge in [0.15, 0.2) is 17.4 Å². The van der Waals surface area contributed by atoms with Crippen molar-refractivity contribution in [2.45, 2.75) is 0 Å². The molecular weight excluding hydrogens is 283 g/mol. The lowest BCUT2D eigenvalue weighted by Crippen LogP contribution is -2.14. The zero-order valence-corrected chi connectivity index (χ0v) is 10.4. The van der Waals surface area contributed by atoms with Crippen LogP contribution in [0.5, 0.6) is 11.6 Å². The Morgan fingerprint density at radius 2 is 2.24 bits per heavy atom. The van der Waals surface area contributed by atoms with Crippen molar-refractivity contribution in [1.82, 2.24) is 4.98 Å². The van der Waals surface area contributed by atoms with Crippen LogP contribution >= 0.6 is 0 Å². The summed E-state index contributed by atoms with van der Waals surface area (Å²) in [5.74, 6) is -1.56. The summed E-state index contributed by atoms with van der Waals surface area (Å²) >= 11 is 0. The number of non-ortho nitro benzene ring substituents is 1. The standard InChI is InChI=1S/C12H9FN4O4/c13-9-6-7(17(19)20)3-4-10(9)21-12-8(11(14)16-18)2-1-5-15-12/h1-6,18H,(H2,14,16). The van der Waals surface area contributed by atoms with Crippen molar-refractivity contribution in [1.29, 1.82) is 0 Å². The molecular formula is C12H9FN4O4. The van der Waals surface area contributed by atoms with Crippen LogP contribution in [0.1, 0.15) is 5.56 Å². The highest BCUT2D eigenvalue weighted by molar-refractivity contribution is 5.99. The van der Waals surface area contributed by atoms with Gasteiger partial charge < -0.3 is 15.7 Å². The first-order valence-electron chi connectivity index (χ1n) is 5.57. The summed E-state index contributed by atoms with van der Waals surface area (Å²) in [6.45, 7) is 0. The van der Waals surface area contributed by atoms with Crippen LogP contribution in [0, 0.1) is 15.9 Å². The molecule has 2 rings (SSSR count). The number of nitrogens with zero attached hydrogens (tertiary/aromatic N) is 3. The Bertz CT molecular complexity index is 720. The highest BCUT2D eigenvalue weighted by atomic mass is 19.1. The molecule has 0 bridgehead atoms. The zero-order chi connectivity index (χ0) is 15.4. The van der Waals surface area contributed by atoms with Crippen LogP contribution in [0.15, 0.2) is 41.7 Å². The summed E-state index contributed by atoms with van der Waals surface area (Å²) in [6.07, 6.45) is 1.37. The van der Waals surface area contributed by atoms with Gasteiger partial charge in [0.1, 0.15) is 0 Å². The Morgan fingerprint density at radius 1 is 1.48 bits per heavy atom. The molecule has 0 saturated carbocycles. The molecule has 0 aliphatic heterocycles. The zero-order valence-electron chi connectivity index (χ0n) is 10.4. The summed E-state index contributed by atoms with van der Waals surface area (Å²) < 4.78 is 19.0. The Labute approximate surface area is 117 Å². The third kappa shape index (κ3) is 3.03. The topological polar surface area (TPSA) is 124 Å². The second-order valence-corrected chi connectivity index (χ2v) is 3.82. The molecule has 1 aromatic carbocycles. The molecule has 0 radical (unpaired) electrons. The number of hydrogen-bond donors (Lipinski definition) is 2. The first kappa shape index (κ1) is 14.2. The maximum atomic E-state index is 13.7. The highest BCUT2D eigenvalue weighted by Crippen LogP contribution is 2.28. The molecule has 2 aromatic rings. The van der Waals surface area contributed by atoms with Gasteiger partial charge >= 0.3 is 0 Å². The molecule has 0 aliphatic rings. The van der Waals surface area contributed by atoms with Gasteiger partial charge in [0.05, 0.1) is 16.6 Å². The van der Waals surface area contributed by atoms with Gasteiger partial charge in [-0.25, -0.2) is 9.37 Å². The summed E-state index contributed by atoms with van der Waals surface area (Å²) in [5, 5.41) is 22.0. The number of nitro benzene ring substituents is 1. The molecule has 21 heavy (non-hydrogen) atoms. The number of halogens is 1. The fourth-order valence-electron chi connectivity index (χ4n) is 1.51. The minimum Gasteiger partial charge on any atom is -0.435 e. The van der Waals surface area contributed by atoms with Gasteiger partial charge in [0.25, 0.3) is 5.69 Å². The average molecular weight is 292 g/mol. The van der Waals surface area contributed by atoms with E-state index in [4.69, 9.17) is 15.7 Å². The number of pyridine rings is 1. The summed E-state index contributed by atoms with van der Waals surface area (Å²) in [5.41, 5.74) is 5.19. The van der Waals surface area contributed by atoms with Crippen molar-refractivity contribution in [3.8, 4) is 11.6 Å². The van der Waals surface area contributed by atoms with E-state index in [2.05, 4.69) is 10.1 Å². The molecule has 3 N–H and O–H groups in total. The van der Waals surface area contributed by atoms with Crippen LogP contribution in [0.4, 0.5) is 10.1 Å². The second kappa shape index (κ2) is 5.82. The van der Waals surface area contributed by atoms with Crippen LogP contribution in [0.3, 0.4) is 0 Å². The van der Waals surface area contributed by atoms with Crippen LogP contribution in [0.2, 0.25) is 0 Å². The van der Waals surface area contributed by atoms with Crippen LogP contribution in [-0.4, -0.2) is 21.0 Å². The highest BCUT2D eigenvalue weighted by Gasteiger charge is 2.15. The van der Waals surface area contributed by atoms with Gasteiger partial charge in [-0.2, -0.15) is 0 Å². The summed E-state index contributed by atoms with van der Waals surface area (Å²) in [6, 6.07) is 5.89. The van der Waals surface area contributed by atoms with Gasteiger partial charge in [0.2, 0.25) is 5.88 Å². The van der Waals surface area contributed by atoms with Gasteiger partial charge in [-0.05, 0) is 18.2 Å². The predicted octanol–water partition coefficient (Wildman–Crippen LogP) is 2.02. The Balaban J connectivity index is 2.37. The number of ether oxygens (including phenoxy) is 1. The van der Waals surface area contributed by atoms with E-state index in [1.165, 1.54) is 18.3 Å². The Kier molecular flexibility index (Phi) is 3.93. The maximum absolute atomic E-state index is 13.7. The van der Waals surface area contributed by atoms with E-state index >= 15 is 0 Å². The molecule has 0 spiro atoms. The van der Waals surface area contributed by atoms with Gasteiger partial charge in [0, 0.05) is 12.3 Å². The van der Waals surface area contributed by atoms with Crippen molar-refractivity contribution in [2.24, 2.45) is 10.9 Å². The van der Waals surface area contributed by atoms with Crippen molar-refractivity contribution in [2.75, 3.05) is 0 Å². The van der Waals surface area contributed by atoms with Crippen LogP contribution in [0.25, 0.3) is 0 Å². The molecule has 1 aromatic heterocycles. The Morgan fingerprint density at radius 3 is 2.86 bits per heavy atom. The fraction of sp³-hybridized carbons (Fsp3) is 0. The number of oxime groups is 1.